The summed E-state index contributed by atoms with van der Waals surface area (Å²) in [6, 6.07) is 25.5. The molecule has 5 nitrogen and oxygen atoms in total. The van der Waals surface area contributed by atoms with Gasteiger partial charge in [-0.05, 0) is 58.9 Å². The SMILES string of the molecule is CC(C)CNC(=O)c1cc2cc(NC(=O)c3ccc(C(C)(C)C)cc3)ccc2n1Cc1ccccc1. The van der Waals surface area contributed by atoms with Gasteiger partial charge in [-0.25, -0.2) is 0 Å². The summed E-state index contributed by atoms with van der Waals surface area (Å²) >= 11 is 0. The minimum atomic E-state index is -0.159. The van der Waals surface area contributed by atoms with Crippen LogP contribution in [0.5, 0.6) is 0 Å². The number of anilines is 1. The van der Waals surface area contributed by atoms with Crippen LogP contribution in [0.1, 0.15) is 66.6 Å². The van der Waals surface area contributed by atoms with Crippen molar-refractivity contribution in [2.24, 2.45) is 5.92 Å². The van der Waals surface area contributed by atoms with Crippen LogP contribution >= 0.6 is 0 Å². The molecule has 2 N–H and O–H groups in total. The van der Waals surface area contributed by atoms with E-state index in [0.29, 0.717) is 36.0 Å². The zero-order valence-corrected chi connectivity index (χ0v) is 21.8. The molecule has 3 aromatic carbocycles. The maximum Gasteiger partial charge on any atom is 0.267 e. The van der Waals surface area contributed by atoms with Crippen LogP contribution in [0.15, 0.2) is 78.9 Å². The minimum Gasteiger partial charge on any atom is -0.351 e. The first kappa shape index (κ1) is 25.2. The summed E-state index contributed by atoms with van der Waals surface area (Å²) < 4.78 is 2.04. The smallest absolute Gasteiger partial charge is 0.267 e. The van der Waals surface area contributed by atoms with Gasteiger partial charge in [-0.15, -0.1) is 0 Å². The van der Waals surface area contributed by atoms with Crippen molar-refractivity contribution in [3.05, 3.63) is 101 Å². The first-order chi connectivity index (χ1) is 17.1. The largest absolute Gasteiger partial charge is 0.351 e. The fourth-order valence-corrected chi connectivity index (χ4v) is 4.19. The van der Waals surface area contributed by atoms with Crippen molar-refractivity contribution in [2.75, 3.05) is 11.9 Å². The number of rotatable bonds is 7. The molecule has 0 atom stereocenters. The Morgan fingerprint density at radius 2 is 1.56 bits per heavy atom. The Morgan fingerprint density at radius 1 is 0.861 bits per heavy atom. The summed E-state index contributed by atoms with van der Waals surface area (Å²) in [5, 5.41) is 6.95. The average Bonchev–Trinajstić information content (AvgIpc) is 3.20. The van der Waals surface area contributed by atoms with Crippen molar-refractivity contribution in [1.29, 1.82) is 0 Å². The van der Waals surface area contributed by atoms with Crippen LogP contribution in [0.3, 0.4) is 0 Å². The highest BCUT2D eigenvalue weighted by Gasteiger charge is 2.18. The van der Waals surface area contributed by atoms with Crippen LogP contribution < -0.4 is 10.6 Å². The molecule has 5 heteroatoms. The molecule has 0 spiro atoms. The Morgan fingerprint density at radius 3 is 2.19 bits per heavy atom. The molecule has 0 aliphatic carbocycles. The lowest BCUT2D eigenvalue weighted by atomic mass is 9.87. The Kier molecular flexibility index (Phi) is 7.30. The average molecular weight is 482 g/mol. The molecule has 0 aliphatic rings. The van der Waals surface area contributed by atoms with Gasteiger partial charge in [-0.2, -0.15) is 0 Å². The predicted octanol–water partition coefficient (Wildman–Crippen LogP) is 6.63. The number of benzene rings is 3. The van der Waals surface area contributed by atoms with Crippen LogP contribution in [-0.2, 0) is 12.0 Å². The van der Waals surface area contributed by atoms with E-state index in [1.165, 1.54) is 5.56 Å². The van der Waals surface area contributed by atoms with Gasteiger partial charge >= 0.3 is 0 Å². The lowest BCUT2D eigenvalue weighted by molar-refractivity contribution is 0.0940. The van der Waals surface area contributed by atoms with Gasteiger partial charge in [0.15, 0.2) is 0 Å². The predicted molar refractivity (Wildman–Crippen MR) is 148 cm³/mol. The Hall–Kier alpha value is -3.86. The Bertz CT molecular complexity index is 1360. The molecule has 0 radical (unpaired) electrons. The standard InChI is InChI=1S/C31H35N3O2/c1-21(2)19-32-30(36)28-18-24-17-26(15-16-27(24)34(28)20-22-9-7-6-8-10-22)33-29(35)23-11-13-25(14-12-23)31(3,4)5/h6-18,21H,19-20H2,1-5H3,(H,32,36)(H,33,35). The molecule has 0 saturated heterocycles. The lowest BCUT2D eigenvalue weighted by Gasteiger charge is -2.19. The Labute approximate surface area is 213 Å². The van der Waals surface area contributed by atoms with Gasteiger partial charge in [-0.3, -0.25) is 9.59 Å². The highest BCUT2D eigenvalue weighted by Crippen LogP contribution is 2.26. The van der Waals surface area contributed by atoms with E-state index in [4.69, 9.17) is 0 Å². The summed E-state index contributed by atoms with van der Waals surface area (Å²) in [6.07, 6.45) is 0. The fraction of sp³-hybridized carbons (Fsp3) is 0.290. The first-order valence-corrected chi connectivity index (χ1v) is 12.5. The molecule has 4 rings (SSSR count). The van der Waals surface area contributed by atoms with Crippen molar-refractivity contribution in [1.82, 2.24) is 9.88 Å². The van der Waals surface area contributed by atoms with Gasteiger partial charge < -0.3 is 15.2 Å². The second kappa shape index (κ2) is 10.4. The molecule has 0 aliphatic heterocycles. The van der Waals surface area contributed by atoms with Crippen LogP contribution in [0.25, 0.3) is 10.9 Å². The van der Waals surface area contributed by atoms with Crippen molar-refractivity contribution >= 4 is 28.4 Å². The highest BCUT2D eigenvalue weighted by molar-refractivity contribution is 6.06. The second-order valence-electron chi connectivity index (χ2n) is 10.8. The van der Waals surface area contributed by atoms with Gasteiger partial charge in [0.2, 0.25) is 0 Å². The van der Waals surface area contributed by atoms with Gasteiger partial charge in [-0.1, -0.05) is 77.1 Å². The number of fused-ring (bicyclic) bond motifs is 1. The Balaban J connectivity index is 1.62. The van der Waals surface area contributed by atoms with E-state index in [-0.39, 0.29) is 17.2 Å². The lowest BCUT2D eigenvalue weighted by Crippen LogP contribution is -2.29. The van der Waals surface area contributed by atoms with Gasteiger partial charge in [0.25, 0.3) is 11.8 Å². The van der Waals surface area contributed by atoms with Crippen LogP contribution in [-0.4, -0.2) is 22.9 Å². The van der Waals surface area contributed by atoms with Gasteiger partial charge in [0.05, 0.1) is 0 Å². The van der Waals surface area contributed by atoms with Crippen LogP contribution in [0, 0.1) is 5.92 Å². The van der Waals surface area contributed by atoms with Crippen molar-refractivity contribution in [3.63, 3.8) is 0 Å². The molecule has 1 aromatic heterocycles. The second-order valence-corrected chi connectivity index (χ2v) is 10.8. The van der Waals surface area contributed by atoms with E-state index in [2.05, 4.69) is 57.4 Å². The van der Waals surface area contributed by atoms with Gasteiger partial charge in [0.1, 0.15) is 5.69 Å². The monoisotopic (exact) mass is 481 g/mol. The maximum atomic E-state index is 13.1. The third-order valence-electron chi connectivity index (χ3n) is 6.26. The molecular formula is C31H35N3O2. The zero-order valence-electron chi connectivity index (χ0n) is 21.8. The first-order valence-electron chi connectivity index (χ1n) is 12.5. The minimum absolute atomic E-state index is 0.0338. The molecule has 0 unspecified atom stereocenters. The van der Waals surface area contributed by atoms with Crippen LogP contribution in [0.4, 0.5) is 5.69 Å². The molecular weight excluding hydrogens is 446 g/mol. The summed E-state index contributed by atoms with van der Waals surface area (Å²) in [4.78, 5) is 26.0. The fourth-order valence-electron chi connectivity index (χ4n) is 4.19. The number of nitrogens with one attached hydrogen (secondary N) is 2. The van der Waals surface area contributed by atoms with E-state index in [0.717, 1.165) is 16.5 Å². The molecule has 186 valence electrons. The summed E-state index contributed by atoms with van der Waals surface area (Å²) in [5.74, 6) is 0.106. The molecule has 2 amide bonds. The summed E-state index contributed by atoms with van der Waals surface area (Å²) in [7, 11) is 0. The molecule has 1 heterocycles. The summed E-state index contributed by atoms with van der Waals surface area (Å²) in [5.41, 5.74) is 5.19. The number of nitrogens with zero attached hydrogens (tertiary/aromatic N) is 1. The maximum absolute atomic E-state index is 13.1. The van der Waals surface area contributed by atoms with E-state index in [1.54, 1.807) is 0 Å². The number of carbonyl (C=O) groups is 2. The van der Waals surface area contributed by atoms with E-state index in [9.17, 15) is 9.59 Å². The van der Waals surface area contributed by atoms with Crippen molar-refractivity contribution in [2.45, 2.75) is 46.6 Å². The molecule has 36 heavy (non-hydrogen) atoms. The normalized spacial score (nSPS) is 11.6. The topological polar surface area (TPSA) is 63.1 Å². The van der Waals surface area contributed by atoms with E-state index < -0.39 is 0 Å². The number of hydrogen-bond donors (Lipinski definition) is 2. The third kappa shape index (κ3) is 5.85. The summed E-state index contributed by atoms with van der Waals surface area (Å²) in [6.45, 7) is 11.8. The number of amides is 2. The number of hydrogen-bond acceptors (Lipinski definition) is 2. The van der Waals surface area contributed by atoms with Crippen LogP contribution in [0.2, 0.25) is 0 Å². The number of aromatic nitrogens is 1. The number of carbonyl (C=O) groups excluding carboxylic acids is 2. The van der Waals surface area contributed by atoms with Crippen molar-refractivity contribution in [3.8, 4) is 0 Å². The molecule has 0 fully saturated rings. The van der Waals surface area contributed by atoms with E-state index in [1.807, 2.05) is 71.3 Å². The molecule has 0 saturated carbocycles. The van der Waals surface area contributed by atoms with Crippen molar-refractivity contribution < 1.29 is 9.59 Å². The third-order valence-corrected chi connectivity index (χ3v) is 6.26. The van der Waals surface area contributed by atoms with E-state index >= 15 is 0 Å². The van der Waals surface area contributed by atoms with Gasteiger partial charge in [0, 0.05) is 35.2 Å². The quantitative estimate of drug-likeness (QED) is 0.311. The zero-order chi connectivity index (χ0) is 25.9. The molecule has 4 aromatic rings. The highest BCUT2D eigenvalue weighted by atomic mass is 16.2. The molecule has 0 bridgehead atoms.